The van der Waals surface area contributed by atoms with Crippen LogP contribution in [0, 0.1) is 13.8 Å². The van der Waals surface area contributed by atoms with Gasteiger partial charge in [-0.15, -0.1) is 0 Å². The number of anilines is 1. The number of carbonyl (C=O) groups excluding carboxylic acids is 3. The summed E-state index contributed by atoms with van der Waals surface area (Å²) in [5.41, 5.74) is 3.21. The van der Waals surface area contributed by atoms with E-state index in [0.29, 0.717) is 17.0 Å². The van der Waals surface area contributed by atoms with Crippen LogP contribution in [0.15, 0.2) is 47.4 Å². The van der Waals surface area contributed by atoms with Gasteiger partial charge in [0, 0.05) is 5.69 Å². The zero-order valence-electron chi connectivity index (χ0n) is 16.9. The molecule has 3 rings (SSSR count). The van der Waals surface area contributed by atoms with Crippen LogP contribution < -0.4 is 10.1 Å². The van der Waals surface area contributed by atoms with E-state index in [9.17, 15) is 19.2 Å². The number of amides is 3. The highest BCUT2D eigenvalue weighted by Crippen LogP contribution is 2.32. The van der Waals surface area contributed by atoms with Gasteiger partial charge in [0.05, 0.1) is 4.91 Å². The van der Waals surface area contributed by atoms with Crippen molar-refractivity contribution in [3.05, 3.63) is 64.1 Å². The lowest BCUT2D eigenvalue weighted by Gasteiger charge is -2.14. The molecular formula is C22H20N2O6S. The second-order valence-corrected chi connectivity index (χ2v) is 7.88. The van der Waals surface area contributed by atoms with Crippen LogP contribution >= 0.6 is 11.8 Å². The lowest BCUT2D eigenvalue weighted by Crippen LogP contribution is -2.36. The topological polar surface area (TPSA) is 113 Å². The van der Waals surface area contributed by atoms with Crippen LogP contribution in [0.3, 0.4) is 0 Å². The molecule has 1 saturated heterocycles. The highest BCUT2D eigenvalue weighted by molar-refractivity contribution is 8.18. The molecule has 8 nitrogen and oxygen atoms in total. The number of hydrogen-bond acceptors (Lipinski definition) is 6. The summed E-state index contributed by atoms with van der Waals surface area (Å²) in [4.78, 5) is 48.9. The summed E-state index contributed by atoms with van der Waals surface area (Å²) in [6.45, 7) is 2.98. The maximum atomic E-state index is 12.6. The first kappa shape index (κ1) is 22.1. The fourth-order valence-electron chi connectivity index (χ4n) is 2.88. The molecule has 0 aromatic heterocycles. The highest BCUT2D eigenvalue weighted by Gasteiger charge is 2.36. The Kier molecular flexibility index (Phi) is 6.76. The molecule has 0 spiro atoms. The van der Waals surface area contributed by atoms with Crippen LogP contribution in [-0.4, -0.2) is 46.2 Å². The van der Waals surface area contributed by atoms with Gasteiger partial charge in [-0.25, -0.2) is 4.79 Å². The number of hydrogen-bond donors (Lipinski definition) is 2. The van der Waals surface area contributed by atoms with Gasteiger partial charge < -0.3 is 15.2 Å². The van der Waals surface area contributed by atoms with Gasteiger partial charge >= 0.3 is 5.97 Å². The first-order valence-corrected chi connectivity index (χ1v) is 10.1. The fraction of sp³-hybridized carbons (Fsp3) is 0.182. The van der Waals surface area contributed by atoms with E-state index >= 15 is 0 Å². The van der Waals surface area contributed by atoms with Crippen LogP contribution in [0.4, 0.5) is 10.5 Å². The summed E-state index contributed by atoms with van der Waals surface area (Å²) in [7, 11) is 0. The zero-order valence-corrected chi connectivity index (χ0v) is 17.7. The van der Waals surface area contributed by atoms with Gasteiger partial charge in [0.2, 0.25) is 5.91 Å². The van der Waals surface area contributed by atoms with Crippen molar-refractivity contribution < 1.29 is 29.0 Å². The number of ether oxygens (including phenoxy) is 1. The lowest BCUT2D eigenvalue weighted by molar-refractivity contribution is -0.139. The number of carboxylic acids is 1. The van der Waals surface area contributed by atoms with E-state index in [-0.39, 0.29) is 11.4 Å². The number of benzene rings is 2. The molecule has 0 radical (unpaired) electrons. The largest absolute Gasteiger partial charge is 0.482 e. The van der Waals surface area contributed by atoms with E-state index in [4.69, 9.17) is 9.84 Å². The summed E-state index contributed by atoms with van der Waals surface area (Å²) in [6, 6.07) is 12.0. The molecule has 1 aliphatic rings. The number of nitrogens with zero attached hydrogens (tertiary/aromatic N) is 1. The minimum absolute atomic E-state index is 0.198. The molecule has 0 atom stereocenters. The second-order valence-electron chi connectivity index (χ2n) is 6.89. The average molecular weight is 440 g/mol. The van der Waals surface area contributed by atoms with Gasteiger partial charge in [-0.3, -0.25) is 19.3 Å². The smallest absolute Gasteiger partial charge is 0.341 e. The monoisotopic (exact) mass is 440 g/mol. The van der Waals surface area contributed by atoms with Gasteiger partial charge in [-0.1, -0.05) is 29.8 Å². The molecular weight excluding hydrogens is 420 g/mol. The summed E-state index contributed by atoms with van der Waals surface area (Å²) in [5, 5.41) is 10.8. The SMILES string of the molecule is Cc1ccc(NC(=O)CN2C(=O)S/C(=C/c3ccc(OCC(=O)O)cc3)C2=O)c(C)c1. The molecule has 9 heteroatoms. The maximum absolute atomic E-state index is 12.6. The molecule has 2 aromatic carbocycles. The van der Waals surface area contributed by atoms with Crippen molar-refractivity contribution in [1.29, 1.82) is 0 Å². The lowest BCUT2D eigenvalue weighted by atomic mass is 10.1. The number of aliphatic carboxylic acids is 1. The normalized spacial score (nSPS) is 14.8. The van der Waals surface area contributed by atoms with E-state index in [1.165, 1.54) is 6.08 Å². The molecule has 0 saturated carbocycles. The zero-order chi connectivity index (χ0) is 22.5. The van der Waals surface area contributed by atoms with Gasteiger partial charge in [0.1, 0.15) is 12.3 Å². The van der Waals surface area contributed by atoms with Gasteiger partial charge in [-0.2, -0.15) is 0 Å². The quantitative estimate of drug-likeness (QED) is 0.634. The van der Waals surface area contributed by atoms with E-state index in [1.807, 2.05) is 26.0 Å². The first-order chi connectivity index (χ1) is 14.7. The average Bonchev–Trinajstić information content (AvgIpc) is 2.97. The van der Waals surface area contributed by atoms with Gasteiger partial charge in [-0.05, 0) is 61.0 Å². The van der Waals surface area contributed by atoms with Crippen molar-refractivity contribution in [3.63, 3.8) is 0 Å². The summed E-state index contributed by atoms with van der Waals surface area (Å²) in [6.07, 6.45) is 1.54. The Bertz CT molecular complexity index is 1080. The first-order valence-electron chi connectivity index (χ1n) is 9.30. The Morgan fingerprint density at radius 1 is 1.13 bits per heavy atom. The third-order valence-corrected chi connectivity index (χ3v) is 5.28. The van der Waals surface area contributed by atoms with Crippen LogP contribution in [-0.2, 0) is 14.4 Å². The summed E-state index contributed by atoms with van der Waals surface area (Å²) < 4.78 is 5.06. The molecule has 1 aliphatic heterocycles. The minimum atomic E-state index is -1.08. The van der Waals surface area contributed by atoms with Crippen molar-refractivity contribution in [2.45, 2.75) is 13.8 Å². The number of aryl methyl sites for hydroxylation is 2. The van der Waals surface area contributed by atoms with Crippen molar-refractivity contribution >= 4 is 46.5 Å². The Morgan fingerprint density at radius 3 is 2.48 bits per heavy atom. The standard InChI is InChI=1S/C22H20N2O6S/c1-13-3-8-17(14(2)9-13)23-19(25)11-24-21(28)18(31-22(24)29)10-15-4-6-16(7-5-15)30-12-20(26)27/h3-10H,11-12H2,1-2H3,(H,23,25)(H,26,27)/b18-10+. The number of carbonyl (C=O) groups is 4. The third-order valence-electron chi connectivity index (χ3n) is 4.37. The molecule has 31 heavy (non-hydrogen) atoms. The maximum Gasteiger partial charge on any atom is 0.341 e. The fourth-order valence-corrected chi connectivity index (χ4v) is 3.72. The summed E-state index contributed by atoms with van der Waals surface area (Å²) in [5.74, 6) is -1.72. The Labute approximate surface area is 182 Å². The Morgan fingerprint density at radius 2 is 1.84 bits per heavy atom. The van der Waals surface area contributed by atoms with E-state index < -0.39 is 29.6 Å². The number of carboxylic acid groups (broad SMARTS) is 1. The predicted molar refractivity (Wildman–Crippen MR) is 117 cm³/mol. The van der Waals surface area contributed by atoms with E-state index in [0.717, 1.165) is 27.8 Å². The summed E-state index contributed by atoms with van der Waals surface area (Å²) >= 11 is 0.758. The molecule has 0 bridgehead atoms. The van der Waals surface area contributed by atoms with Crippen molar-refractivity contribution in [1.82, 2.24) is 4.90 Å². The van der Waals surface area contributed by atoms with Crippen molar-refractivity contribution in [3.8, 4) is 5.75 Å². The van der Waals surface area contributed by atoms with Crippen molar-refractivity contribution in [2.24, 2.45) is 0 Å². The molecule has 1 heterocycles. The number of imide groups is 1. The molecule has 0 unspecified atom stereocenters. The molecule has 2 aromatic rings. The van der Waals surface area contributed by atoms with Crippen LogP contribution in [0.25, 0.3) is 6.08 Å². The van der Waals surface area contributed by atoms with Crippen LogP contribution in [0.2, 0.25) is 0 Å². The Balaban J connectivity index is 1.64. The number of nitrogens with one attached hydrogen (secondary N) is 1. The molecule has 3 amide bonds. The van der Waals surface area contributed by atoms with Gasteiger partial charge in [0.15, 0.2) is 6.61 Å². The molecule has 160 valence electrons. The third kappa shape index (κ3) is 5.73. The minimum Gasteiger partial charge on any atom is -0.482 e. The van der Waals surface area contributed by atoms with E-state index in [1.54, 1.807) is 30.3 Å². The molecule has 1 fully saturated rings. The Hall–Kier alpha value is -3.59. The van der Waals surface area contributed by atoms with Gasteiger partial charge in [0.25, 0.3) is 11.1 Å². The van der Waals surface area contributed by atoms with E-state index in [2.05, 4.69) is 5.32 Å². The number of rotatable bonds is 7. The molecule has 0 aliphatic carbocycles. The highest BCUT2D eigenvalue weighted by atomic mass is 32.2. The second kappa shape index (κ2) is 9.48. The van der Waals surface area contributed by atoms with Crippen molar-refractivity contribution in [2.75, 3.05) is 18.5 Å². The van der Waals surface area contributed by atoms with Crippen LogP contribution in [0.5, 0.6) is 5.75 Å². The molecule has 2 N–H and O–H groups in total. The van der Waals surface area contributed by atoms with Crippen LogP contribution in [0.1, 0.15) is 16.7 Å². The predicted octanol–water partition coefficient (Wildman–Crippen LogP) is 3.44. The number of thioether (sulfide) groups is 1.